The molecular formula is C21H25N3O3. The van der Waals surface area contributed by atoms with Crippen molar-refractivity contribution in [3.05, 3.63) is 53.9 Å². The summed E-state index contributed by atoms with van der Waals surface area (Å²) in [5, 5.41) is 5.83. The van der Waals surface area contributed by atoms with E-state index in [4.69, 9.17) is 4.74 Å². The number of rotatable bonds is 5. The summed E-state index contributed by atoms with van der Waals surface area (Å²) in [4.78, 5) is 29.3. The maximum Gasteiger partial charge on any atom is 0.274 e. The molecule has 0 saturated heterocycles. The number of nitrogens with zero attached hydrogens (tertiary/aromatic N) is 1. The quantitative estimate of drug-likeness (QED) is 0.788. The lowest BCUT2D eigenvalue weighted by molar-refractivity contribution is 0.0928. The lowest BCUT2D eigenvalue weighted by Gasteiger charge is -2.16. The Bertz CT molecular complexity index is 799. The normalized spacial score (nSPS) is 14.9. The van der Waals surface area contributed by atoms with Gasteiger partial charge in [0.05, 0.1) is 12.8 Å². The van der Waals surface area contributed by atoms with Gasteiger partial charge in [-0.3, -0.25) is 9.59 Å². The molecule has 6 heteroatoms. The minimum Gasteiger partial charge on any atom is -0.495 e. The number of hydrogen-bond donors (Lipinski definition) is 2. The van der Waals surface area contributed by atoms with E-state index in [9.17, 15) is 9.59 Å². The summed E-state index contributed by atoms with van der Waals surface area (Å²) in [6, 6.07) is 12.2. The third-order valence-corrected chi connectivity index (χ3v) is 4.76. The van der Waals surface area contributed by atoms with Gasteiger partial charge in [0.15, 0.2) is 0 Å². The van der Waals surface area contributed by atoms with E-state index >= 15 is 0 Å². The molecule has 0 bridgehead atoms. The molecule has 0 atom stereocenters. The van der Waals surface area contributed by atoms with E-state index in [-0.39, 0.29) is 29.2 Å². The molecular weight excluding hydrogens is 342 g/mol. The van der Waals surface area contributed by atoms with Gasteiger partial charge in [0.25, 0.3) is 11.8 Å². The highest BCUT2D eigenvalue weighted by Gasteiger charge is 2.18. The Morgan fingerprint density at radius 2 is 1.59 bits per heavy atom. The molecule has 0 aliphatic heterocycles. The van der Waals surface area contributed by atoms with Gasteiger partial charge in [-0.05, 0) is 37.1 Å². The molecule has 1 fully saturated rings. The molecule has 0 radical (unpaired) electrons. The average Bonchev–Trinajstić information content (AvgIpc) is 2.97. The first-order valence-electron chi connectivity index (χ1n) is 9.39. The van der Waals surface area contributed by atoms with Crippen molar-refractivity contribution in [3.63, 3.8) is 0 Å². The van der Waals surface area contributed by atoms with E-state index in [2.05, 4.69) is 15.6 Å². The van der Waals surface area contributed by atoms with Gasteiger partial charge in [-0.2, -0.15) is 0 Å². The minimum absolute atomic E-state index is 0.188. The number of aromatic nitrogens is 1. The van der Waals surface area contributed by atoms with Crippen molar-refractivity contribution in [1.82, 2.24) is 10.3 Å². The summed E-state index contributed by atoms with van der Waals surface area (Å²) in [6.07, 6.45) is 6.73. The molecule has 1 saturated carbocycles. The fourth-order valence-electron chi connectivity index (χ4n) is 3.30. The van der Waals surface area contributed by atoms with Crippen LogP contribution in [0.3, 0.4) is 0 Å². The number of carbonyl (C=O) groups is 2. The molecule has 1 heterocycles. The number of amides is 2. The fraction of sp³-hybridized carbons (Fsp3) is 0.381. The van der Waals surface area contributed by atoms with E-state index in [1.165, 1.54) is 12.8 Å². The molecule has 2 amide bonds. The number of ether oxygens (including phenoxy) is 1. The van der Waals surface area contributed by atoms with Crippen LogP contribution in [0, 0.1) is 0 Å². The molecule has 142 valence electrons. The number of anilines is 1. The number of methoxy groups -OCH3 is 1. The predicted molar refractivity (Wildman–Crippen MR) is 104 cm³/mol. The number of carbonyl (C=O) groups excluding carboxylic acids is 2. The van der Waals surface area contributed by atoms with Gasteiger partial charge in [0.2, 0.25) is 0 Å². The number of benzene rings is 1. The summed E-state index contributed by atoms with van der Waals surface area (Å²) in [5.74, 6) is -0.0504. The van der Waals surface area contributed by atoms with Crippen LogP contribution in [-0.2, 0) is 0 Å². The van der Waals surface area contributed by atoms with Crippen LogP contribution < -0.4 is 15.4 Å². The van der Waals surface area contributed by atoms with Gasteiger partial charge in [0.1, 0.15) is 17.1 Å². The Labute approximate surface area is 159 Å². The van der Waals surface area contributed by atoms with Crippen molar-refractivity contribution in [2.24, 2.45) is 0 Å². The summed E-state index contributed by atoms with van der Waals surface area (Å²) in [5.41, 5.74) is 1.00. The number of para-hydroxylation sites is 2. The van der Waals surface area contributed by atoms with E-state index in [0.29, 0.717) is 11.4 Å². The van der Waals surface area contributed by atoms with Crippen LogP contribution in [0.15, 0.2) is 42.5 Å². The van der Waals surface area contributed by atoms with Crippen LogP contribution in [0.5, 0.6) is 5.75 Å². The Morgan fingerprint density at radius 3 is 2.30 bits per heavy atom. The van der Waals surface area contributed by atoms with E-state index in [1.807, 2.05) is 12.1 Å². The second-order valence-electron chi connectivity index (χ2n) is 6.72. The number of pyridine rings is 1. The topological polar surface area (TPSA) is 80.3 Å². The molecule has 27 heavy (non-hydrogen) atoms. The Balaban J connectivity index is 1.68. The summed E-state index contributed by atoms with van der Waals surface area (Å²) in [6.45, 7) is 0. The lowest BCUT2D eigenvalue weighted by Crippen LogP contribution is -2.35. The first kappa shape index (κ1) is 18.9. The van der Waals surface area contributed by atoms with E-state index < -0.39 is 0 Å². The fourth-order valence-corrected chi connectivity index (χ4v) is 3.30. The summed E-state index contributed by atoms with van der Waals surface area (Å²) < 4.78 is 5.24. The average molecular weight is 367 g/mol. The van der Waals surface area contributed by atoms with Gasteiger partial charge in [-0.25, -0.2) is 4.98 Å². The van der Waals surface area contributed by atoms with Crippen LogP contribution in [0.2, 0.25) is 0 Å². The van der Waals surface area contributed by atoms with Crippen molar-refractivity contribution in [3.8, 4) is 5.75 Å². The van der Waals surface area contributed by atoms with Gasteiger partial charge < -0.3 is 15.4 Å². The first-order chi connectivity index (χ1) is 13.2. The van der Waals surface area contributed by atoms with E-state index in [0.717, 1.165) is 25.7 Å². The largest absolute Gasteiger partial charge is 0.495 e. The van der Waals surface area contributed by atoms with Crippen LogP contribution >= 0.6 is 0 Å². The highest BCUT2D eigenvalue weighted by atomic mass is 16.5. The zero-order chi connectivity index (χ0) is 19.1. The molecule has 1 aliphatic carbocycles. The molecule has 2 aromatic rings. The molecule has 1 aliphatic rings. The molecule has 0 spiro atoms. The van der Waals surface area contributed by atoms with Crippen molar-refractivity contribution in [2.75, 3.05) is 12.4 Å². The van der Waals surface area contributed by atoms with Crippen LogP contribution in [0.4, 0.5) is 5.69 Å². The number of hydrogen-bond acceptors (Lipinski definition) is 4. The van der Waals surface area contributed by atoms with Crippen molar-refractivity contribution >= 4 is 17.5 Å². The monoisotopic (exact) mass is 367 g/mol. The third-order valence-electron chi connectivity index (χ3n) is 4.76. The smallest absolute Gasteiger partial charge is 0.274 e. The Hall–Kier alpha value is -2.89. The van der Waals surface area contributed by atoms with Crippen molar-refractivity contribution in [2.45, 2.75) is 44.6 Å². The van der Waals surface area contributed by atoms with Gasteiger partial charge >= 0.3 is 0 Å². The number of nitrogens with one attached hydrogen (secondary N) is 2. The second kappa shape index (κ2) is 9.16. The van der Waals surface area contributed by atoms with Crippen LogP contribution in [0.25, 0.3) is 0 Å². The maximum atomic E-state index is 12.5. The molecule has 0 unspecified atom stereocenters. The predicted octanol–water partition coefficient (Wildman–Crippen LogP) is 3.80. The SMILES string of the molecule is COc1ccccc1NC(=O)c1cccc(C(=O)NC2CCCCCC2)n1. The molecule has 6 nitrogen and oxygen atoms in total. The molecule has 1 aromatic carbocycles. The summed E-state index contributed by atoms with van der Waals surface area (Å²) >= 11 is 0. The Kier molecular flexibility index (Phi) is 6.41. The minimum atomic E-state index is -0.386. The van der Waals surface area contributed by atoms with Crippen molar-refractivity contribution < 1.29 is 14.3 Å². The first-order valence-corrected chi connectivity index (χ1v) is 9.39. The van der Waals surface area contributed by atoms with Crippen LogP contribution in [-0.4, -0.2) is 29.9 Å². The van der Waals surface area contributed by atoms with Crippen molar-refractivity contribution in [1.29, 1.82) is 0 Å². The Morgan fingerprint density at radius 1 is 0.926 bits per heavy atom. The molecule has 2 N–H and O–H groups in total. The highest BCUT2D eigenvalue weighted by molar-refractivity contribution is 6.04. The van der Waals surface area contributed by atoms with Gasteiger partial charge in [-0.15, -0.1) is 0 Å². The van der Waals surface area contributed by atoms with Crippen LogP contribution in [0.1, 0.15) is 59.5 Å². The molecule has 1 aromatic heterocycles. The standard InChI is InChI=1S/C21H25N3O3/c1-27-19-14-7-6-11-16(19)24-21(26)18-13-8-12-17(23-18)20(25)22-15-9-4-2-3-5-10-15/h6-8,11-15H,2-5,9-10H2,1H3,(H,22,25)(H,24,26). The van der Waals surface area contributed by atoms with E-state index in [1.54, 1.807) is 37.4 Å². The molecule has 3 rings (SSSR count). The lowest BCUT2D eigenvalue weighted by atomic mass is 10.1. The maximum absolute atomic E-state index is 12.5. The summed E-state index contributed by atoms with van der Waals surface area (Å²) in [7, 11) is 1.54. The third kappa shape index (κ3) is 5.06. The van der Waals surface area contributed by atoms with Gasteiger partial charge in [0, 0.05) is 6.04 Å². The highest BCUT2D eigenvalue weighted by Crippen LogP contribution is 2.23. The zero-order valence-electron chi connectivity index (χ0n) is 15.5. The second-order valence-corrected chi connectivity index (χ2v) is 6.72. The van der Waals surface area contributed by atoms with Gasteiger partial charge in [-0.1, -0.05) is 43.9 Å². The zero-order valence-corrected chi connectivity index (χ0v) is 15.5.